The fourth-order valence-corrected chi connectivity index (χ4v) is 2.04. The highest BCUT2D eigenvalue weighted by Gasteiger charge is 2.19. The van der Waals surface area contributed by atoms with Crippen molar-refractivity contribution < 1.29 is 24.2 Å². The van der Waals surface area contributed by atoms with E-state index in [4.69, 9.17) is 9.84 Å². The highest BCUT2D eigenvalue weighted by molar-refractivity contribution is 6.37. The molecule has 0 spiro atoms. The molecule has 2 aromatic rings. The third kappa shape index (κ3) is 3.60. The van der Waals surface area contributed by atoms with Crippen LogP contribution in [0.4, 0.5) is 0 Å². The first-order chi connectivity index (χ1) is 10.5. The van der Waals surface area contributed by atoms with Gasteiger partial charge in [0.1, 0.15) is 5.75 Å². The molecule has 1 aromatic carbocycles. The summed E-state index contributed by atoms with van der Waals surface area (Å²) in [5.74, 6) is -2.48. The molecule has 0 atom stereocenters. The number of ether oxygens (including phenoxy) is 1. The third-order valence-electron chi connectivity index (χ3n) is 3.19. The van der Waals surface area contributed by atoms with Crippen molar-refractivity contribution in [2.24, 2.45) is 0 Å². The van der Waals surface area contributed by atoms with Crippen molar-refractivity contribution in [2.75, 3.05) is 7.11 Å². The summed E-state index contributed by atoms with van der Waals surface area (Å²) in [4.78, 5) is 33.7. The number of rotatable bonds is 7. The summed E-state index contributed by atoms with van der Waals surface area (Å²) in [6.45, 7) is 0.444. The van der Waals surface area contributed by atoms with Gasteiger partial charge in [-0.25, -0.2) is 4.79 Å². The summed E-state index contributed by atoms with van der Waals surface area (Å²) >= 11 is 0. The molecule has 1 N–H and O–H groups in total. The summed E-state index contributed by atoms with van der Waals surface area (Å²) in [7, 11) is 1.58. The lowest BCUT2D eigenvalue weighted by Gasteiger charge is -2.09. The molecule has 0 aliphatic rings. The van der Waals surface area contributed by atoms with Crippen LogP contribution in [0.1, 0.15) is 22.5 Å². The fourth-order valence-electron chi connectivity index (χ4n) is 2.04. The van der Waals surface area contributed by atoms with Crippen molar-refractivity contribution in [1.29, 1.82) is 0 Å². The minimum atomic E-state index is -1.60. The van der Waals surface area contributed by atoms with Crippen LogP contribution in [0, 0.1) is 0 Å². The van der Waals surface area contributed by atoms with Gasteiger partial charge in [0.2, 0.25) is 5.78 Å². The Labute approximate surface area is 126 Å². The number of aliphatic carboxylic acids is 1. The van der Waals surface area contributed by atoms with Gasteiger partial charge in [0.25, 0.3) is 0 Å². The molecule has 0 radical (unpaired) electrons. The molecule has 2 rings (SSSR count). The first kappa shape index (κ1) is 15.5. The largest absolute Gasteiger partial charge is 0.497 e. The highest BCUT2D eigenvalue weighted by Crippen LogP contribution is 2.14. The van der Waals surface area contributed by atoms with Gasteiger partial charge < -0.3 is 14.4 Å². The van der Waals surface area contributed by atoms with Gasteiger partial charge in [0.15, 0.2) is 5.78 Å². The predicted octanol–water partition coefficient (Wildman–Crippen LogP) is 1.77. The predicted molar refractivity (Wildman–Crippen MR) is 78.1 cm³/mol. The zero-order valence-electron chi connectivity index (χ0n) is 12.0. The molecule has 0 saturated carbocycles. The number of ketones is 2. The number of aromatic nitrogens is 1. The lowest BCUT2D eigenvalue weighted by Crippen LogP contribution is -2.19. The smallest absolute Gasteiger partial charge is 0.372 e. The molecule has 0 aliphatic carbocycles. The Hall–Kier alpha value is -2.89. The van der Waals surface area contributed by atoms with Crippen LogP contribution in [0.5, 0.6) is 5.75 Å². The molecule has 22 heavy (non-hydrogen) atoms. The quantitative estimate of drug-likeness (QED) is 0.478. The second-order valence-corrected chi connectivity index (χ2v) is 4.70. The van der Waals surface area contributed by atoms with Crippen molar-refractivity contribution in [2.45, 2.75) is 13.0 Å². The Morgan fingerprint density at radius 3 is 2.41 bits per heavy atom. The Morgan fingerprint density at radius 2 is 1.82 bits per heavy atom. The molecule has 0 bridgehead atoms. The summed E-state index contributed by atoms with van der Waals surface area (Å²) in [6.07, 6.45) is 1.07. The van der Waals surface area contributed by atoms with Gasteiger partial charge in [-0.1, -0.05) is 12.1 Å². The summed E-state index contributed by atoms with van der Waals surface area (Å²) in [5, 5.41) is 8.56. The molecule has 0 saturated heterocycles. The van der Waals surface area contributed by atoms with Crippen LogP contribution >= 0.6 is 0 Å². The summed E-state index contributed by atoms with van der Waals surface area (Å²) < 4.78 is 6.76. The maximum Gasteiger partial charge on any atom is 0.372 e. The van der Waals surface area contributed by atoms with Crippen molar-refractivity contribution in [3.63, 3.8) is 0 Å². The van der Waals surface area contributed by atoms with Crippen molar-refractivity contribution in [1.82, 2.24) is 4.57 Å². The molecule has 1 aromatic heterocycles. The molecular weight excluding hydrogens is 286 g/mol. The number of nitrogens with zero attached hydrogens (tertiary/aromatic N) is 1. The van der Waals surface area contributed by atoms with E-state index < -0.39 is 24.0 Å². The Bertz CT molecular complexity index is 700. The number of carboxylic acid groups (broad SMARTS) is 1. The van der Waals surface area contributed by atoms with E-state index in [9.17, 15) is 14.4 Å². The highest BCUT2D eigenvalue weighted by atomic mass is 16.5. The van der Waals surface area contributed by atoms with E-state index in [1.165, 1.54) is 0 Å². The van der Waals surface area contributed by atoms with E-state index >= 15 is 0 Å². The van der Waals surface area contributed by atoms with Crippen LogP contribution in [0.25, 0.3) is 0 Å². The van der Waals surface area contributed by atoms with Crippen molar-refractivity contribution in [3.8, 4) is 5.75 Å². The van der Waals surface area contributed by atoms with Crippen LogP contribution in [0.15, 0.2) is 42.6 Å². The molecule has 0 aliphatic heterocycles. The number of carboxylic acids is 1. The van der Waals surface area contributed by atoms with Gasteiger partial charge in [-0.3, -0.25) is 9.59 Å². The zero-order valence-corrected chi connectivity index (χ0v) is 12.0. The molecule has 0 amide bonds. The van der Waals surface area contributed by atoms with Crippen LogP contribution in [-0.2, 0) is 16.1 Å². The molecule has 6 nitrogen and oxygen atoms in total. The Balaban J connectivity index is 2.13. The number of carbonyl (C=O) groups excluding carboxylic acids is 2. The standard InChI is InChI=1S/C16H15NO5/c1-22-12-6-4-11(5-7-12)10-17-8-2-3-13(17)14(18)9-15(19)16(20)21/h2-8H,9-10H2,1H3,(H,20,21). The molecular formula is C16H15NO5. The first-order valence-electron chi connectivity index (χ1n) is 6.58. The van der Waals surface area contributed by atoms with Crippen LogP contribution in [0.3, 0.4) is 0 Å². The van der Waals surface area contributed by atoms with Crippen molar-refractivity contribution in [3.05, 3.63) is 53.9 Å². The number of hydrogen-bond donors (Lipinski definition) is 1. The second kappa shape index (κ2) is 6.71. The number of methoxy groups -OCH3 is 1. The Kier molecular flexibility index (Phi) is 4.73. The molecule has 0 unspecified atom stereocenters. The Morgan fingerprint density at radius 1 is 1.14 bits per heavy atom. The fraction of sp³-hybridized carbons (Fsp3) is 0.188. The van der Waals surface area contributed by atoms with Crippen LogP contribution < -0.4 is 4.74 Å². The van der Waals surface area contributed by atoms with Crippen LogP contribution in [0.2, 0.25) is 0 Å². The zero-order chi connectivity index (χ0) is 16.1. The van der Waals surface area contributed by atoms with E-state index in [-0.39, 0.29) is 0 Å². The lowest BCUT2D eigenvalue weighted by atomic mass is 10.1. The average molecular weight is 301 g/mol. The van der Waals surface area contributed by atoms with E-state index in [0.29, 0.717) is 12.2 Å². The van der Waals surface area contributed by atoms with E-state index in [2.05, 4.69) is 0 Å². The molecule has 1 heterocycles. The summed E-state index contributed by atoms with van der Waals surface area (Å²) in [6, 6.07) is 10.6. The maximum absolute atomic E-state index is 12.0. The second-order valence-electron chi connectivity index (χ2n) is 4.70. The number of benzene rings is 1. The minimum Gasteiger partial charge on any atom is -0.497 e. The number of hydrogen-bond acceptors (Lipinski definition) is 4. The molecule has 6 heteroatoms. The van der Waals surface area contributed by atoms with Gasteiger partial charge in [-0.2, -0.15) is 0 Å². The monoisotopic (exact) mass is 301 g/mol. The molecule has 114 valence electrons. The van der Waals surface area contributed by atoms with Gasteiger partial charge in [-0.05, 0) is 29.8 Å². The van der Waals surface area contributed by atoms with Gasteiger partial charge in [0.05, 0.1) is 19.2 Å². The minimum absolute atomic E-state index is 0.311. The SMILES string of the molecule is COc1ccc(Cn2cccc2C(=O)CC(=O)C(=O)O)cc1. The van der Waals surface area contributed by atoms with E-state index in [0.717, 1.165) is 11.3 Å². The first-order valence-corrected chi connectivity index (χ1v) is 6.58. The van der Waals surface area contributed by atoms with Crippen LogP contribution in [-0.4, -0.2) is 34.3 Å². The normalized spacial score (nSPS) is 10.2. The topological polar surface area (TPSA) is 85.6 Å². The third-order valence-corrected chi connectivity index (χ3v) is 3.19. The van der Waals surface area contributed by atoms with Gasteiger partial charge >= 0.3 is 5.97 Å². The average Bonchev–Trinajstić information content (AvgIpc) is 2.96. The number of Topliss-reactive ketones (excluding diaryl/α,β-unsaturated/α-hetero) is 2. The summed E-state index contributed by atoms with van der Waals surface area (Å²) in [5.41, 5.74) is 1.26. The number of carbonyl (C=O) groups is 3. The van der Waals surface area contributed by atoms with Gasteiger partial charge in [-0.15, -0.1) is 0 Å². The van der Waals surface area contributed by atoms with Gasteiger partial charge in [0, 0.05) is 12.7 Å². The van der Waals surface area contributed by atoms with E-state index in [1.807, 2.05) is 24.3 Å². The van der Waals surface area contributed by atoms with Crippen molar-refractivity contribution >= 4 is 17.5 Å². The lowest BCUT2D eigenvalue weighted by molar-refractivity contribution is -0.148. The molecule has 0 fully saturated rings. The van der Waals surface area contributed by atoms with E-state index in [1.54, 1.807) is 30.0 Å². The maximum atomic E-state index is 12.0.